The van der Waals surface area contributed by atoms with Crippen molar-refractivity contribution >= 4 is 23.2 Å². The van der Waals surface area contributed by atoms with Crippen LogP contribution in [0.25, 0.3) is 0 Å². The molecule has 1 heterocycles. The largest absolute Gasteiger partial charge is 0.383 e. The lowest BCUT2D eigenvalue weighted by Crippen LogP contribution is -2.51. The summed E-state index contributed by atoms with van der Waals surface area (Å²) in [6.45, 7) is 8.09. The van der Waals surface area contributed by atoms with E-state index in [1.807, 2.05) is 52.0 Å². The molecule has 1 unspecified atom stereocenters. The molecule has 0 radical (unpaired) electrons. The monoisotopic (exact) mass is 349 g/mol. The number of aromatic nitrogens is 2. The molecule has 24 heavy (non-hydrogen) atoms. The zero-order valence-corrected chi connectivity index (χ0v) is 15.2. The number of nitrogens with zero attached hydrogens (tertiary/aromatic N) is 1. The molecule has 7 heteroatoms. The number of carbonyl (C=O) groups excluding carboxylic acids is 1. The number of halogens is 1. The van der Waals surface area contributed by atoms with Gasteiger partial charge in [0.2, 0.25) is 5.91 Å². The second kappa shape index (κ2) is 7.23. The van der Waals surface area contributed by atoms with Gasteiger partial charge in [0.15, 0.2) is 0 Å². The fourth-order valence-corrected chi connectivity index (χ4v) is 2.72. The predicted molar refractivity (Wildman–Crippen MR) is 97.2 cm³/mol. The van der Waals surface area contributed by atoms with Crippen molar-refractivity contribution in [3.05, 3.63) is 46.2 Å². The first-order chi connectivity index (χ1) is 11.2. The van der Waals surface area contributed by atoms with E-state index in [9.17, 15) is 4.79 Å². The lowest BCUT2D eigenvalue weighted by molar-refractivity contribution is -0.124. The number of anilines is 1. The molecule has 1 aromatic heterocycles. The van der Waals surface area contributed by atoms with E-state index in [2.05, 4.69) is 20.8 Å². The van der Waals surface area contributed by atoms with Gasteiger partial charge in [-0.1, -0.05) is 17.7 Å². The summed E-state index contributed by atoms with van der Waals surface area (Å²) >= 11 is 5.97. The van der Waals surface area contributed by atoms with E-state index in [1.54, 1.807) is 0 Å². The van der Waals surface area contributed by atoms with Crippen LogP contribution in [-0.4, -0.2) is 28.2 Å². The van der Waals surface area contributed by atoms with Crippen molar-refractivity contribution in [2.75, 3.05) is 11.9 Å². The first-order valence-corrected chi connectivity index (χ1v) is 8.16. The van der Waals surface area contributed by atoms with Gasteiger partial charge in [-0.05, 0) is 45.9 Å². The number of benzene rings is 1. The molecule has 1 aromatic carbocycles. The van der Waals surface area contributed by atoms with Crippen LogP contribution in [0.5, 0.6) is 0 Å². The predicted octanol–water partition coefficient (Wildman–Crippen LogP) is 2.69. The van der Waals surface area contributed by atoms with Crippen molar-refractivity contribution in [3.8, 4) is 0 Å². The highest BCUT2D eigenvalue weighted by molar-refractivity contribution is 6.30. The number of carbonyl (C=O) groups is 1. The molecule has 0 bridgehead atoms. The van der Waals surface area contributed by atoms with Gasteiger partial charge in [0.1, 0.15) is 6.04 Å². The Bertz CT molecular complexity index is 706. The lowest BCUT2D eigenvalue weighted by Gasteiger charge is -2.28. The van der Waals surface area contributed by atoms with Gasteiger partial charge in [0.05, 0.1) is 11.2 Å². The van der Waals surface area contributed by atoms with Crippen LogP contribution >= 0.6 is 11.6 Å². The van der Waals surface area contributed by atoms with Crippen LogP contribution in [-0.2, 0) is 4.79 Å². The van der Waals surface area contributed by atoms with E-state index in [1.165, 1.54) is 0 Å². The van der Waals surface area contributed by atoms with Crippen LogP contribution in [0.4, 0.5) is 5.69 Å². The van der Waals surface area contributed by atoms with E-state index in [0.29, 0.717) is 11.6 Å². The number of aromatic amines is 1. The van der Waals surface area contributed by atoms with Crippen LogP contribution in [0, 0.1) is 13.8 Å². The summed E-state index contributed by atoms with van der Waals surface area (Å²) in [5.74, 6) is -0.236. The van der Waals surface area contributed by atoms with Crippen LogP contribution in [0.1, 0.15) is 36.8 Å². The van der Waals surface area contributed by atoms with E-state index in [-0.39, 0.29) is 5.91 Å². The third kappa shape index (κ3) is 4.49. The van der Waals surface area contributed by atoms with Gasteiger partial charge < -0.3 is 16.4 Å². The Morgan fingerprint density at radius 2 is 2.12 bits per heavy atom. The minimum atomic E-state index is -0.755. The molecule has 0 aliphatic heterocycles. The average Bonchev–Trinajstić information content (AvgIpc) is 2.83. The minimum Gasteiger partial charge on any atom is -0.383 e. The van der Waals surface area contributed by atoms with Crippen molar-refractivity contribution in [1.82, 2.24) is 15.5 Å². The molecule has 5 N–H and O–H groups in total. The number of amides is 1. The molecule has 0 aliphatic rings. The fraction of sp³-hybridized carbons (Fsp3) is 0.412. The molecule has 130 valence electrons. The number of rotatable bonds is 6. The molecule has 1 amide bonds. The maximum absolute atomic E-state index is 12.5. The van der Waals surface area contributed by atoms with Gasteiger partial charge in [0.25, 0.3) is 0 Å². The van der Waals surface area contributed by atoms with Crippen LogP contribution < -0.4 is 16.4 Å². The smallest absolute Gasteiger partial charge is 0.242 e. The second-order valence-corrected chi connectivity index (χ2v) is 7.00. The molecule has 0 fully saturated rings. The van der Waals surface area contributed by atoms with Gasteiger partial charge in [0, 0.05) is 28.5 Å². The van der Waals surface area contributed by atoms with Crippen LogP contribution in [0.3, 0.4) is 0 Å². The molecule has 6 nitrogen and oxygen atoms in total. The first kappa shape index (κ1) is 18.3. The van der Waals surface area contributed by atoms with E-state index in [4.69, 9.17) is 17.3 Å². The molecule has 0 aliphatic carbocycles. The van der Waals surface area contributed by atoms with Gasteiger partial charge in [-0.3, -0.25) is 9.89 Å². The standard InChI is InChI=1S/C17H24ClN5O/c1-10-14(11(2)23-22-10)15(19)16(24)21-17(3,4)9-20-13-7-5-6-12(18)8-13/h5-8,15,20H,9,19H2,1-4H3,(H,21,24)(H,22,23). The second-order valence-electron chi connectivity index (χ2n) is 6.56. The lowest BCUT2D eigenvalue weighted by atomic mass is 10.0. The Morgan fingerprint density at radius 3 is 2.71 bits per heavy atom. The molecule has 2 rings (SSSR count). The first-order valence-electron chi connectivity index (χ1n) is 7.78. The van der Waals surface area contributed by atoms with E-state index < -0.39 is 11.6 Å². The van der Waals surface area contributed by atoms with Crippen molar-refractivity contribution in [2.45, 2.75) is 39.3 Å². The molecular formula is C17H24ClN5O. The zero-order chi connectivity index (χ0) is 17.9. The summed E-state index contributed by atoms with van der Waals surface area (Å²) < 4.78 is 0. The Balaban J connectivity index is 1.99. The Morgan fingerprint density at radius 1 is 1.42 bits per heavy atom. The van der Waals surface area contributed by atoms with Crippen molar-refractivity contribution in [3.63, 3.8) is 0 Å². The maximum atomic E-state index is 12.5. The van der Waals surface area contributed by atoms with Crippen LogP contribution in [0.2, 0.25) is 5.02 Å². The third-order valence-electron chi connectivity index (χ3n) is 3.80. The number of nitrogens with two attached hydrogens (primary N) is 1. The third-order valence-corrected chi connectivity index (χ3v) is 4.03. The highest BCUT2D eigenvalue weighted by atomic mass is 35.5. The SMILES string of the molecule is Cc1n[nH]c(C)c1C(N)C(=O)NC(C)(C)CNc1cccc(Cl)c1. The van der Waals surface area contributed by atoms with Crippen molar-refractivity contribution in [1.29, 1.82) is 0 Å². The summed E-state index contributed by atoms with van der Waals surface area (Å²) in [5, 5.41) is 13.9. The number of nitrogens with one attached hydrogen (secondary N) is 3. The average molecular weight is 350 g/mol. The number of hydrogen-bond acceptors (Lipinski definition) is 4. The van der Waals surface area contributed by atoms with Crippen LogP contribution in [0.15, 0.2) is 24.3 Å². The normalized spacial score (nSPS) is 12.8. The van der Waals surface area contributed by atoms with E-state index >= 15 is 0 Å². The summed E-state index contributed by atoms with van der Waals surface area (Å²) in [4.78, 5) is 12.5. The van der Waals surface area contributed by atoms with Crippen molar-refractivity contribution in [2.24, 2.45) is 5.73 Å². The fourth-order valence-electron chi connectivity index (χ4n) is 2.53. The Labute approximate surface area is 147 Å². The number of aryl methyl sites for hydroxylation is 2. The minimum absolute atomic E-state index is 0.236. The van der Waals surface area contributed by atoms with Gasteiger partial charge in [-0.15, -0.1) is 0 Å². The summed E-state index contributed by atoms with van der Waals surface area (Å²) in [6.07, 6.45) is 0. The Hall–Kier alpha value is -2.05. The molecule has 0 saturated heterocycles. The maximum Gasteiger partial charge on any atom is 0.242 e. The summed E-state index contributed by atoms with van der Waals surface area (Å²) in [5.41, 5.74) is 8.82. The highest BCUT2D eigenvalue weighted by Crippen LogP contribution is 2.19. The number of H-pyrrole nitrogens is 1. The highest BCUT2D eigenvalue weighted by Gasteiger charge is 2.27. The summed E-state index contributed by atoms with van der Waals surface area (Å²) in [7, 11) is 0. The van der Waals surface area contributed by atoms with Gasteiger partial charge in [-0.2, -0.15) is 5.10 Å². The zero-order valence-electron chi connectivity index (χ0n) is 14.4. The van der Waals surface area contributed by atoms with E-state index in [0.717, 1.165) is 22.6 Å². The number of hydrogen-bond donors (Lipinski definition) is 4. The quantitative estimate of drug-likeness (QED) is 0.644. The summed E-state index contributed by atoms with van der Waals surface area (Å²) in [6, 6.07) is 6.69. The molecule has 0 saturated carbocycles. The van der Waals surface area contributed by atoms with Crippen molar-refractivity contribution < 1.29 is 4.79 Å². The molecule has 0 spiro atoms. The Kier molecular flexibility index (Phi) is 5.51. The topological polar surface area (TPSA) is 95.8 Å². The molecule has 1 atom stereocenters. The van der Waals surface area contributed by atoms with Gasteiger partial charge in [-0.25, -0.2) is 0 Å². The van der Waals surface area contributed by atoms with Gasteiger partial charge >= 0.3 is 0 Å². The molecule has 2 aromatic rings. The molecular weight excluding hydrogens is 326 g/mol.